The Balaban J connectivity index is 0.999. The van der Waals surface area contributed by atoms with Crippen LogP contribution in [-0.4, -0.2) is 152 Å². The Morgan fingerprint density at radius 1 is 0.867 bits per heavy atom. The molecule has 75 heavy (non-hydrogen) atoms. The smallest absolute Gasteiger partial charge is 0.345 e. The van der Waals surface area contributed by atoms with Crippen molar-refractivity contribution >= 4 is 50.7 Å². The number of carbonyl (C=O) groups is 1. The molecule has 4 aliphatic rings. The van der Waals surface area contributed by atoms with Gasteiger partial charge in [0.25, 0.3) is 0 Å². The summed E-state index contributed by atoms with van der Waals surface area (Å²) in [6.45, 7) is 11.1. The van der Waals surface area contributed by atoms with E-state index in [-0.39, 0.29) is 37.5 Å². The van der Waals surface area contributed by atoms with Crippen LogP contribution >= 0.6 is 34.5 Å². The first-order valence-corrected chi connectivity index (χ1v) is 27.0. The Morgan fingerprint density at radius 3 is 2.31 bits per heavy atom. The minimum atomic E-state index is -1.47. The zero-order valence-electron chi connectivity index (χ0n) is 42.7. The van der Waals surface area contributed by atoms with Crippen LogP contribution in [0.2, 0.25) is 10.0 Å². The van der Waals surface area contributed by atoms with E-state index in [1.807, 2.05) is 19.9 Å². The molecule has 0 unspecified atom stereocenters. The molecule has 16 nitrogen and oxygen atoms in total. The van der Waals surface area contributed by atoms with Gasteiger partial charge in [-0.2, -0.15) is 0 Å². The van der Waals surface area contributed by atoms with Gasteiger partial charge in [-0.1, -0.05) is 35.3 Å². The highest BCUT2D eigenvalue weighted by molar-refractivity contribution is 7.22. The summed E-state index contributed by atoms with van der Waals surface area (Å²) in [5.74, 6) is 0.525. The molecule has 400 valence electrons. The fourth-order valence-electron chi connectivity index (χ4n) is 9.78. The lowest BCUT2D eigenvalue weighted by molar-refractivity contribution is -0.145. The van der Waals surface area contributed by atoms with E-state index in [1.54, 1.807) is 43.6 Å². The van der Waals surface area contributed by atoms with Crippen LogP contribution < -0.4 is 18.9 Å². The molecule has 4 bridgehead atoms. The van der Waals surface area contributed by atoms with E-state index in [1.165, 1.54) is 29.8 Å². The summed E-state index contributed by atoms with van der Waals surface area (Å²) in [7, 11) is 3.75. The number of aliphatic carboxylic acids is 1. The number of hydrogen-bond acceptors (Lipinski definition) is 16. The van der Waals surface area contributed by atoms with Crippen LogP contribution in [0.3, 0.4) is 0 Å². The van der Waals surface area contributed by atoms with E-state index in [0.717, 1.165) is 57.7 Å². The van der Waals surface area contributed by atoms with Crippen LogP contribution in [0.25, 0.3) is 31.8 Å². The van der Waals surface area contributed by atoms with Crippen LogP contribution in [-0.2, 0) is 36.8 Å². The van der Waals surface area contributed by atoms with Crippen molar-refractivity contribution in [3.05, 3.63) is 105 Å². The topological polar surface area (TPSA) is 169 Å². The van der Waals surface area contributed by atoms with Crippen molar-refractivity contribution < 1.29 is 52.2 Å². The predicted molar refractivity (Wildman–Crippen MR) is 285 cm³/mol. The lowest BCUT2D eigenvalue weighted by Crippen LogP contribution is -2.49. The van der Waals surface area contributed by atoms with Gasteiger partial charge in [0, 0.05) is 74.4 Å². The van der Waals surface area contributed by atoms with Gasteiger partial charge in [0.1, 0.15) is 53.6 Å². The Hall–Kier alpha value is -5.28. The first kappa shape index (κ1) is 54.5. The van der Waals surface area contributed by atoms with E-state index >= 15 is 0 Å². The first-order valence-electron chi connectivity index (χ1n) is 25.4. The molecule has 2 atom stereocenters. The van der Waals surface area contributed by atoms with Gasteiger partial charge in [-0.3, -0.25) is 4.90 Å². The summed E-state index contributed by atoms with van der Waals surface area (Å²) in [6.07, 6.45) is 4.64. The van der Waals surface area contributed by atoms with Crippen molar-refractivity contribution in [3.63, 3.8) is 0 Å². The molecule has 10 rings (SSSR count). The Morgan fingerprint density at radius 2 is 1.59 bits per heavy atom. The molecule has 3 aromatic carbocycles. The maximum Gasteiger partial charge on any atom is 0.345 e. The van der Waals surface area contributed by atoms with E-state index in [4.69, 9.17) is 66.1 Å². The highest BCUT2D eigenvalue weighted by Gasteiger charge is 2.33. The summed E-state index contributed by atoms with van der Waals surface area (Å²) in [5, 5.41) is 12.0. The summed E-state index contributed by atoms with van der Waals surface area (Å²) >= 11 is 16.0. The van der Waals surface area contributed by atoms with Crippen molar-refractivity contribution in [2.75, 3.05) is 93.1 Å². The molecule has 1 aliphatic carbocycles. The van der Waals surface area contributed by atoms with Gasteiger partial charge in [-0.25, -0.2) is 29.1 Å². The van der Waals surface area contributed by atoms with E-state index in [0.29, 0.717) is 128 Å². The number of aromatic nitrogens is 4. The summed E-state index contributed by atoms with van der Waals surface area (Å²) in [4.78, 5) is 38.1. The molecular formula is C55H63Cl2FN6O10S. The minimum absolute atomic E-state index is 0.0310. The number of methoxy groups -OCH3 is 1. The highest BCUT2D eigenvalue weighted by Crippen LogP contribution is 2.53. The SMILES string of the molecule is COCCOCCOCCOC1CCC(c2nccc(COc3ccc4cc3C[C@H](C(=O)O)Oc3ncnc5sc(-c6ccc(F)cc6)c(c35)-c3c(C)c(Cl)c(c(Cl)c3C)O[C@H](CN3CCN(C)CC3)CO4)n2)CC1. The number of likely N-dealkylation sites (N-methyl/N-ethyl adjacent to an activating group) is 1. The Labute approximate surface area is 450 Å². The molecule has 1 saturated heterocycles. The lowest BCUT2D eigenvalue weighted by Gasteiger charge is -2.35. The molecule has 0 amide bonds. The standard InChI is InChI=1S/C55H63Cl2FN6O10S/c1-33-45-34(2)49(57)50(48(33)56)73-42(29-64-19-17-63(3)18-20-64)31-71-41-13-14-43(72-30-39-15-16-59-52(62-39)36-7-11-40(12-8-36)70-26-25-69-24-23-68-22-21-67-4)37(27-41)28-44(55(65)66)74-53-47-46(45)51(75-54(47)61-32-60-53)35-5-9-38(58)10-6-35/h5-6,9-10,13-16,27,32,36,40,42,44H,7-8,11-12,17-26,28-31H2,1-4H3,(H,65,66)/t36?,40?,42-,44-/m1/s1. The van der Waals surface area contributed by atoms with Crippen LogP contribution in [0.1, 0.15) is 59.8 Å². The average Bonchev–Trinajstić information content (AvgIpc) is 3.82. The number of benzene rings is 3. The zero-order chi connectivity index (χ0) is 52.4. The summed E-state index contributed by atoms with van der Waals surface area (Å²) in [6, 6.07) is 13.3. The van der Waals surface area contributed by atoms with Crippen LogP contribution in [0, 0.1) is 19.7 Å². The molecule has 1 N–H and O–H groups in total. The van der Waals surface area contributed by atoms with Crippen LogP contribution in [0.4, 0.5) is 4.39 Å². The fraction of sp³-hybridized carbons (Fsp3) is 0.473. The van der Waals surface area contributed by atoms with Gasteiger partial charge in [-0.05, 0) is 105 Å². The van der Waals surface area contributed by atoms with E-state index < -0.39 is 24.0 Å². The monoisotopic (exact) mass is 1090 g/mol. The molecule has 6 aromatic rings. The molecule has 2 fully saturated rings. The second-order valence-electron chi connectivity index (χ2n) is 19.1. The third-order valence-corrected chi connectivity index (χ3v) is 16.0. The Bertz CT molecular complexity index is 2870. The number of rotatable bonds is 18. The number of carboxylic acids is 1. The van der Waals surface area contributed by atoms with Gasteiger partial charge in [0.2, 0.25) is 12.0 Å². The molecule has 6 heterocycles. The normalized spacial score (nSPS) is 19.6. The number of hydrogen-bond donors (Lipinski definition) is 1. The molecule has 20 heteroatoms. The summed E-state index contributed by atoms with van der Waals surface area (Å²) < 4.78 is 63.1. The molecule has 0 radical (unpaired) electrons. The first-order chi connectivity index (χ1) is 36.4. The van der Waals surface area contributed by atoms with Crippen LogP contribution in [0.15, 0.2) is 61.1 Å². The van der Waals surface area contributed by atoms with Crippen molar-refractivity contribution in [1.82, 2.24) is 29.7 Å². The molecular weight excluding hydrogens is 1030 g/mol. The van der Waals surface area contributed by atoms with Gasteiger partial charge in [-0.15, -0.1) is 11.3 Å². The van der Waals surface area contributed by atoms with Gasteiger partial charge < -0.3 is 47.9 Å². The quantitative estimate of drug-likeness (QED) is 0.0807. The Kier molecular flexibility index (Phi) is 18.7. The predicted octanol–water partition coefficient (Wildman–Crippen LogP) is 9.64. The van der Waals surface area contributed by atoms with Crippen molar-refractivity contribution in [2.24, 2.45) is 0 Å². The minimum Gasteiger partial charge on any atom is -0.490 e. The van der Waals surface area contributed by atoms with Crippen molar-refractivity contribution in [3.8, 4) is 44.7 Å². The maximum absolute atomic E-state index is 14.4. The summed E-state index contributed by atoms with van der Waals surface area (Å²) in [5.41, 5.74) is 4.47. The molecule has 0 spiro atoms. The molecule has 3 aliphatic heterocycles. The average molecular weight is 1090 g/mol. The molecule has 1 saturated carbocycles. The largest absolute Gasteiger partial charge is 0.490 e. The van der Waals surface area contributed by atoms with Gasteiger partial charge >= 0.3 is 5.97 Å². The van der Waals surface area contributed by atoms with Crippen molar-refractivity contribution in [1.29, 1.82) is 0 Å². The second-order valence-corrected chi connectivity index (χ2v) is 20.8. The third kappa shape index (κ3) is 13.5. The highest BCUT2D eigenvalue weighted by atomic mass is 35.5. The maximum atomic E-state index is 14.4. The number of nitrogens with zero attached hydrogens (tertiary/aromatic N) is 6. The zero-order valence-corrected chi connectivity index (χ0v) is 45.0. The van der Waals surface area contributed by atoms with Gasteiger partial charge in [0.05, 0.1) is 66.9 Å². The third-order valence-electron chi connectivity index (χ3n) is 13.9. The van der Waals surface area contributed by atoms with Crippen LogP contribution in [0.5, 0.6) is 23.1 Å². The van der Waals surface area contributed by atoms with Gasteiger partial charge in [0.15, 0.2) is 5.75 Å². The fourth-order valence-corrected chi connectivity index (χ4v) is 11.4. The number of fused-ring (bicyclic) bond motifs is 7. The lowest BCUT2D eigenvalue weighted by atomic mass is 9.87. The molecule has 3 aromatic heterocycles. The van der Waals surface area contributed by atoms with E-state index in [9.17, 15) is 14.3 Å². The second kappa shape index (κ2) is 25.7. The van der Waals surface area contributed by atoms with E-state index in [2.05, 4.69) is 31.8 Å². The number of carboxylic acid groups (broad SMARTS) is 1. The number of halogens is 3. The number of thiophene rings is 1. The number of ether oxygens (including phenoxy) is 8. The number of piperazine rings is 1. The van der Waals surface area contributed by atoms with Crippen molar-refractivity contribution in [2.45, 2.75) is 76.8 Å².